The number of aliphatic carboxylic acids is 1. The van der Waals surface area contributed by atoms with Crippen LogP contribution in [0.15, 0.2) is 60.7 Å². The monoisotopic (exact) mass is 492 g/mol. The smallest absolute Gasteiger partial charge is 0.307 e. The Morgan fingerprint density at radius 2 is 2.03 bits per heavy atom. The molecule has 0 aromatic heterocycles. The topological polar surface area (TPSA) is 85.0 Å². The summed E-state index contributed by atoms with van der Waals surface area (Å²) in [5.74, 6) is -0.731. The number of para-hydroxylation sites is 1. The number of nitrogens with zero attached hydrogens (tertiary/aromatic N) is 1. The zero-order valence-corrected chi connectivity index (χ0v) is 20.7. The number of nitrogens with two attached hydrogens (primary N) is 1. The predicted octanol–water partition coefficient (Wildman–Crippen LogP) is 5.33. The van der Waals surface area contributed by atoms with Crippen LogP contribution in [0.25, 0.3) is 11.1 Å². The second-order valence-corrected chi connectivity index (χ2v) is 9.37. The van der Waals surface area contributed by atoms with Crippen LogP contribution < -0.4 is 15.4 Å². The Hall–Kier alpha value is -3.42. The van der Waals surface area contributed by atoms with Gasteiger partial charge in [-0.05, 0) is 55.2 Å². The summed E-state index contributed by atoms with van der Waals surface area (Å²) in [6, 6.07) is 17.9. The largest absolute Gasteiger partial charge is 0.489 e. The molecule has 1 fully saturated rings. The normalized spacial score (nSPS) is 16.1. The van der Waals surface area contributed by atoms with Gasteiger partial charge in [0.15, 0.2) is 0 Å². The van der Waals surface area contributed by atoms with Crippen molar-refractivity contribution in [3.05, 3.63) is 83.2 Å². The van der Waals surface area contributed by atoms with E-state index < -0.39 is 12.0 Å². The van der Waals surface area contributed by atoms with Gasteiger partial charge in [-0.15, -0.1) is 0 Å². The van der Waals surface area contributed by atoms with Crippen molar-refractivity contribution in [2.45, 2.75) is 44.9 Å². The summed E-state index contributed by atoms with van der Waals surface area (Å²) in [5, 5.41) is 9.23. The highest BCUT2D eigenvalue weighted by atomic mass is 19.1. The average molecular weight is 493 g/mol. The van der Waals surface area contributed by atoms with Crippen LogP contribution in [0, 0.1) is 5.82 Å². The average Bonchev–Trinajstić information content (AvgIpc) is 3.36. The summed E-state index contributed by atoms with van der Waals surface area (Å²) in [5.41, 5.74) is 10.0. The van der Waals surface area contributed by atoms with E-state index in [1.807, 2.05) is 37.4 Å². The molecule has 0 bridgehead atoms. The molecule has 7 heteroatoms. The number of rotatable bonds is 10. The van der Waals surface area contributed by atoms with E-state index >= 15 is 4.39 Å². The van der Waals surface area contributed by atoms with Crippen molar-refractivity contribution >= 4 is 11.7 Å². The maximum Gasteiger partial charge on any atom is 0.307 e. The van der Waals surface area contributed by atoms with Gasteiger partial charge in [-0.1, -0.05) is 36.4 Å². The van der Waals surface area contributed by atoms with Crippen molar-refractivity contribution in [2.75, 3.05) is 25.1 Å². The molecule has 3 aromatic carbocycles. The molecule has 1 aliphatic heterocycles. The van der Waals surface area contributed by atoms with E-state index in [-0.39, 0.29) is 24.9 Å². The number of carboxylic acids is 1. The van der Waals surface area contributed by atoms with Crippen LogP contribution in [-0.4, -0.2) is 37.4 Å². The van der Waals surface area contributed by atoms with Gasteiger partial charge in [0.2, 0.25) is 0 Å². The molecule has 2 atom stereocenters. The number of halogens is 1. The number of anilines is 1. The van der Waals surface area contributed by atoms with Crippen LogP contribution >= 0.6 is 0 Å². The SMILES string of the molecule is C[C@@H](N)c1cccc(-c2cc(COc3ccccc3CC(=O)O)cc(N(C)CC3CCCO3)c2)c1F. The summed E-state index contributed by atoms with van der Waals surface area (Å²) < 4.78 is 27.3. The van der Waals surface area contributed by atoms with E-state index in [2.05, 4.69) is 4.90 Å². The number of ether oxygens (including phenoxy) is 2. The van der Waals surface area contributed by atoms with Crippen LogP contribution in [0.4, 0.5) is 10.1 Å². The van der Waals surface area contributed by atoms with Gasteiger partial charge in [0, 0.05) is 48.6 Å². The van der Waals surface area contributed by atoms with Crippen molar-refractivity contribution in [3.63, 3.8) is 0 Å². The number of hydrogen-bond acceptors (Lipinski definition) is 5. The van der Waals surface area contributed by atoms with Gasteiger partial charge in [0.1, 0.15) is 18.2 Å². The van der Waals surface area contributed by atoms with Gasteiger partial charge in [-0.25, -0.2) is 4.39 Å². The van der Waals surface area contributed by atoms with Gasteiger partial charge in [-0.2, -0.15) is 0 Å². The Morgan fingerprint density at radius 3 is 2.75 bits per heavy atom. The second kappa shape index (κ2) is 11.5. The first-order valence-corrected chi connectivity index (χ1v) is 12.3. The molecule has 36 heavy (non-hydrogen) atoms. The van der Waals surface area contributed by atoms with Gasteiger partial charge in [-0.3, -0.25) is 4.79 Å². The van der Waals surface area contributed by atoms with E-state index in [1.165, 1.54) is 0 Å². The highest BCUT2D eigenvalue weighted by Crippen LogP contribution is 2.32. The van der Waals surface area contributed by atoms with Crippen LogP contribution in [0.5, 0.6) is 5.75 Å². The lowest BCUT2D eigenvalue weighted by molar-refractivity contribution is -0.136. The number of likely N-dealkylation sites (N-methyl/N-ethyl adjacent to an activating group) is 1. The minimum Gasteiger partial charge on any atom is -0.489 e. The molecule has 0 radical (unpaired) electrons. The Bertz CT molecular complexity index is 1210. The van der Waals surface area contributed by atoms with Crippen LogP contribution in [0.1, 0.15) is 42.5 Å². The molecule has 0 amide bonds. The first-order valence-electron chi connectivity index (χ1n) is 12.3. The number of hydrogen-bond donors (Lipinski definition) is 2. The first-order chi connectivity index (χ1) is 17.3. The van der Waals surface area contributed by atoms with Gasteiger partial charge in [0.05, 0.1) is 12.5 Å². The molecule has 3 aromatic rings. The molecule has 0 saturated carbocycles. The summed E-state index contributed by atoms with van der Waals surface area (Å²) in [6.45, 7) is 3.48. The van der Waals surface area contributed by atoms with E-state index in [0.717, 1.165) is 42.8 Å². The third-order valence-corrected chi connectivity index (χ3v) is 6.46. The molecular formula is C29H33FN2O4. The van der Waals surface area contributed by atoms with E-state index in [4.69, 9.17) is 15.2 Å². The minimum absolute atomic E-state index is 0.124. The van der Waals surface area contributed by atoms with Crippen molar-refractivity contribution in [1.82, 2.24) is 0 Å². The molecule has 3 N–H and O–H groups in total. The third-order valence-electron chi connectivity index (χ3n) is 6.46. The van der Waals surface area contributed by atoms with Crippen molar-refractivity contribution in [2.24, 2.45) is 5.73 Å². The molecule has 1 aliphatic rings. The summed E-state index contributed by atoms with van der Waals surface area (Å²) >= 11 is 0. The third kappa shape index (κ3) is 6.22. The molecule has 190 valence electrons. The standard InChI is InChI=1S/C29H33FN2O4/c1-19(31)25-9-5-10-26(29(25)30)22-13-20(14-23(15-22)32(2)17-24-8-6-12-35-24)18-36-27-11-4-3-7-21(27)16-28(33)34/h3-5,7,9-11,13-15,19,24H,6,8,12,16-18,31H2,1-2H3,(H,33,34)/t19-,24?/m1/s1. The maximum absolute atomic E-state index is 15.4. The highest BCUT2D eigenvalue weighted by Gasteiger charge is 2.20. The van der Waals surface area contributed by atoms with E-state index in [9.17, 15) is 9.90 Å². The van der Waals surface area contributed by atoms with Crippen LogP contribution in [0.2, 0.25) is 0 Å². The van der Waals surface area contributed by atoms with E-state index in [0.29, 0.717) is 22.4 Å². The van der Waals surface area contributed by atoms with Gasteiger partial charge < -0.3 is 25.2 Å². The molecule has 1 saturated heterocycles. The summed E-state index contributed by atoms with van der Waals surface area (Å²) in [7, 11) is 2.00. The number of carbonyl (C=O) groups is 1. The Kier molecular flexibility index (Phi) is 8.23. The fourth-order valence-corrected chi connectivity index (χ4v) is 4.57. The van der Waals surface area contributed by atoms with Gasteiger partial charge >= 0.3 is 5.97 Å². The fraction of sp³-hybridized carbons (Fsp3) is 0.345. The molecule has 0 aliphatic carbocycles. The minimum atomic E-state index is -0.921. The molecule has 6 nitrogen and oxygen atoms in total. The van der Waals surface area contributed by atoms with Crippen molar-refractivity contribution in [3.8, 4) is 16.9 Å². The quantitative estimate of drug-likeness (QED) is 0.398. The summed E-state index contributed by atoms with van der Waals surface area (Å²) in [4.78, 5) is 13.4. The fourth-order valence-electron chi connectivity index (χ4n) is 4.57. The first kappa shape index (κ1) is 25.7. The molecule has 0 spiro atoms. The molecule has 1 heterocycles. The van der Waals surface area contributed by atoms with Crippen molar-refractivity contribution < 1.29 is 23.8 Å². The zero-order valence-electron chi connectivity index (χ0n) is 20.7. The molecule has 1 unspecified atom stereocenters. The van der Waals surface area contributed by atoms with Crippen molar-refractivity contribution in [1.29, 1.82) is 0 Å². The lowest BCUT2D eigenvalue weighted by atomic mass is 9.97. The predicted molar refractivity (Wildman–Crippen MR) is 139 cm³/mol. The second-order valence-electron chi connectivity index (χ2n) is 9.37. The summed E-state index contributed by atoms with van der Waals surface area (Å²) in [6.07, 6.45) is 2.12. The van der Waals surface area contributed by atoms with Gasteiger partial charge in [0.25, 0.3) is 0 Å². The van der Waals surface area contributed by atoms with Crippen LogP contribution in [0.3, 0.4) is 0 Å². The van der Waals surface area contributed by atoms with Crippen LogP contribution in [-0.2, 0) is 22.6 Å². The molecule has 4 rings (SSSR count). The lowest BCUT2D eigenvalue weighted by Gasteiger charge is -2.24. The Morgan fingerprint density at radius 1 is 1.22 bits per heavy atom. The zero-order chi connectivity index (χ0) is 25.7. The number of carboxylic acid groups (broad SMARTS) is 1. The lowest BCUT2D eigenvalue weighted by Crippen LogP contribution is -2.28. The maximum atomic E-state index is 15.4. The highest BCUT2D eigenvalue weighted by molar-refractivity contribution is 5.72. The van der Waals surface area contributed by atoms with E-state index in [1.54, 1.807) is 37.3 Å². The Labute approximate surface area is 211 Å². The number of benzene rings is 3. The Balaban J connectivity index is 1.67. The molecular weight excluding hydrogens is 459 g/mol.